The SMILES string of the molecule is CN=C(NCc1ccc(N2CCC(C)CC2)cc1)N1CCC(N2CC=CC2)C1.I. The van der Waals surface area contributed by atoms with Gasteiger partial charge in [0.15, 0.2) is 5.96 Å². The van der Waals surface area contributed by atoms with Crippen LogP contribution in [0.25, 0.3) is 0 Å². The summed E-state index contributed by atoms with van der Waals surface area (Å²) >= 11 is 0. The number of hydrogen-bond donors (Lipinski definition) is 1. The highest BCUT2D eigenvalue weighted by molar-refractivity contribution is 14.0. The predicted octanol–water partition coefficient (Wildman–Crippen LogP) is 3.56. The molecule has 0 aliphatic carbocycles. The zero-order chi connectivity index (χ0) is 19.3. The summed E-state index contributed by atoms with van der Waals surface area (Å²) in [6, 6.07) is 9.73. The van der Waals surface area contributed by atoms with E-state index in [-0.39, 0.29) is 24.0 Å². The third kappa shape index (κ3) is 5.66. The Hall–Kier alpha value is -1.28. The van der Waals surface area contributed by atoms with E-state index >= 15 is 0 Å². The number of nitrogens with zero attached hydrogens (tertiary/aromatic N) is 4. The van der Waals surface area contributed by atoms with Crippen LogP contribution in [0.5, 0.6) is 0 Å². The molecule has 0 bridgehead atoms. The Balaban J connectivity index is 0.00000240. The average Bonchev–Trinajstić information content (AvgIpc) is 3.42. The molecule has 2 fully saturated rings. The number of likely N-dealkylation sites (tertiary alicyclic amines) is 1. The smallest absolute Gasteiger partial charge is 0.193 e. The minimum Gasteiger partial charge on any atom is -0.372 e. The third-order valence-corrected chi connectivity index (χ3v) is 6.57. The molecule has 0 saturated carbocycles. The summed E-state index contributed by atoms with van der Waals surface area (Å²) in [5.41, 5.74) is 2.68. The van der Waals surface area contributed by atoms with Crippen LogP contribution >= 0.6 is 24.0 Å². The maximum Gasteiger partial charge on any atom is 0.193 e. The van der Waals surface area contributed by atoms with Crippen molar-refractivity contribution in [2.75, 3.05) is 51.2 Å². The first-order valence-corrected chi connectivity index (χ1v) is 10.9. The number of rotatable bonds is 4. The lowest BCUT2D eigenvalue weighted by molar-refractivity contribution is 0.259. The highest BCUT2D eigenvalue weighted by Gasteiger charge is 2.29. The summed E-state index contributed by atoms with van der Waals surface area (Å²) in [4.78, 5) is 12.0. The van der Waals surface area contributed by atoms with Gasteiger partial charge in [0, 0.05) is 64.6 Å². The molecule has 29 heavy (non-hydrogen) atoms. The third-order valence-electron chi connectivity index (χ3n) is 6.57. The van der Waals surface area contributed by atoms with Crippen LogP contribution in [-0.4, -0.2) is 68.1 Å². The van der Waals surface area contributed by atoms with Gasteiger partial charge in [0.2, 0.25) is 0 Å². The van der Waals surface area contributed by atoms with Gasteiger partial charge in [-0.15, -0.1) is 24.0 Å². The first kappa shape index (κ1) is 22.4. The minimum absolute atomic E-state index is 0. The van der Waals surface area contributed by atoms with Crippen LogP contribution in [0, 0.1) is 5.92 Å². The molecule has 1 aromatic rings. The second-order valence-corrected chi connectivity index (χ2v) is 8.55. The zero-order valence-corrected chi connectivity index (χ0v) is 20.2. The molecule has 5 nitrogen and oxygen atoms in total. The van der Waals surface area contributed by atoms with Crippen LogP contribution in [0.1, 0.15) is 31.7 Å². The zero-order valence-electron chi connectivity index (χ0n) is 17.9. The number of nitrogens with one attached hydrogen (secondary N) is 1. The topological polar surface area (TPSA) is 34.1 Å². The Bertz CT molecular complexity index is 686. The number of halogens is 1. The molecule has 0 spiro atoms. The van der Waals surface area contributed by atoms with Crippen molar-refractivity contribution >= 4 is 35.6 Å². The van der Waals surface area contributed by atoms with Crippen molar-refractivity contribution in [2.45, 2.75) is 38.8 Å². The lowest BCUT2D eigenvalue weighted by Gasteiger charge is -2.32. The maximum atomic E-state index is 4.53. The summed E-state index contributed by atoms with van der Waals surface area (Å²) in [6.45, 7) is 9.95. The van der Waals surface area contributed by atoms with Gasteiger partial charge >= 0.3 is 0 Å². The van der Waals surface area contributed by atoms with Crippen molar-refractivity contribution in [1.82, 2.24) is 15.1 Å². The molecule has 0 amide bonds. The van der Waals surface area contributed by atoms with Crippen molar-refractivity contribution in [3.63, 3.8) is 0 Å². The van der Waals surface area contributed by atoms with Crippen LogP contribution in [0.15, 0.2) is 41.4 Å². The summed E-state index contributed by atoms with van der Waals surface area (Å²) in [7, 11) is 1.90. The quantitative estimate of drug-likeness (QED) is 0.292. The molecular formula is C23H36IN5. The Labute approximate surface area is 193 Å². The van der Waals surface area contributed by atoms with Gasteiger partial charge in [-0.1, -0.05) is 31.2 Å². The predicted molar refractivity (Wildman–Crippen MR) is 133 cm³/mol. The molecule has 160 valence electrons. The number of piperidine rings is 1. The number of hydrogen-bond acceptors (Lipinski definition) is 3. The van der Waals surface area contributed by atoms with Gasteiger partial charge in [0.05, 0.1) is 0 Å². The highest BCUT2D eigenvalue weighted by atomic mass is 127. The van der Waals surface area contributed by atoms with Gasteiger partial charge in [-0.2, -0.15) is 0 Å². The number of anilines is 1. The molecule has 1 atom stereocenters. The van der Waals surface area contributed by atoms with Gasteiger partial charge in [-0.05, 0) is 42.9 Å². The normalized spacial score (nSPS) is 23.5. The molecule has 3 aliphatic heterocycles. The van der Waals surface area contributed by atoms with Gasteiger partial charge in [-0.3, -0.25) is 9.89 Å². The summed E-state index contributed by atoms with van der Waals surface area (Å²) < 4.78 is 0. The monoisotopic (exact) mass is 509 g/mol. The molecule has 0 radical (unpaired) electrons. The van der Waals surface area contributed by atoms with Gasteiger partial charge in [-0.25, -0.2) is 0 Å². The first-order valence-electron chi connectivity index (χ1n) is 10.9. The van der Waals surface area contributed by atoms with E-state index in [1.54, 1.807) is 0 Å². The van der Waals surface area contributed by atoms with Crippen LogP contribution in [-0.2, 0) is 6.54 Å². The van der Waals surface area contributed by atoms with E-state index < -0.39 is 0 Å². The van der Waals surface area contributed by atoms with Crippen molar-refractivity contribution in [3.05, 3.63) is 42.0 Å². The molecule has 4 rings (SSSR count). The van der Waals surface area contributed by atoms with Gasteiger partial charge in [0.25, 0.3) is 0 Å². The molecular weight excluding hydrogens is 473 g/mol. The summed E-state index contributed by atoms with van der Waals surface area (Å²) in [6.07, 6.45) is 8.41. The van der Waals surface area contributed by atoms with Gasteiger partial charge < -0.3 is 15.1 Å². The number of benzene rings is 1. The van der Waals surface area contributed by atoms with Crippen molar-refractivity contribution < 1.29 is 0 Å². The van der Waals surface area contributed by atoms with E-state index in [1.807, 2.05) is 7.05 Å². The van der Waals surface area contributed by atoms with Crippen molar-refractivity contribution in [2.24, 2.45) is 10.9 Å². The summed E-state index contributed by atoms with van der Waals surface area (Å²) in [5.74, 6) is 1.90. The van der Waals surface area contributed by atoms with E-state index in [0.717, 1.165) is 44.6 Å². The fraction of sp³-hybridized carbons (Fsp3) is 0.609. The molecule has 0 aromatic heterocycles. The number of guanidine groups is 1. The van der Waals surface area contributed by atoms with Crippen molar-refractivity contribution in [3.8, 4) is 0 Å². The largest absolute Gasteiger partial charge is 0.372 e. The first-order chi connectivity index (χ1) is 13.7. The molecule has 3 heterocycles. The van der Waals surface area contributed by atoms with E-state index in [2.05, 4.69) is 68.4 Å². The van der Waals surface area contributed by atoms with Gasteiger partial charge in [0.1, 0.15) is 0 Å². The minimum atomic E-state index is 0. The fourth-order valence-corrected chi connectivity index (χ4v) is 4.63. The molecule has 1 N–H and O–H groups in total. The van der Waals surface area contributed by atoms with Crippen LogP contribution in [0.4, 0.5) is 5.69 Å². The second-order valence-electron chi connectivity index (χ2n) is 8.55. The molecule has 1 unspecified atom stereocenters. The van der Waals surface area contributed by atoms with Crippen LogP contribution in [0.3, 0.4) is 0 Å². The highest BCUT2D eigenvalue weighted by Crippen LogP contribution is 2.23. The van der Waals surface area contributed by atoms with Crippen molar-refractivity contribution in [1.29, 1.82) is 0 Å². The van der Waals surface area contributed by atoms with E-state index in [1.165, 1.54) is 43.6 Å². The van der Waals surface area contributed by atoms with E-state index in [9.17, 15) is 0 Å². The second kappa shape index (κ2) is 10.7. The molecule has 3 aliphatic rings. The molecule has 6 heteroatoms. The Morgan fingerprint density at radius 3 is 2.38 bits per heavy atom. The molecule has 2 saturated heterocycles. The van der Waals surface area contributed by atoms with Crippen LogP contribution < -0.4 is 10.2 Å². The molecule has 1 aromatic carbocycles. The average molecular weight is 509 g/mol. The fourth-order valence-electron chi connectivity index (χ4n) is 4.63. The lowest BCUT2D eigenvalue weighted by atomic mass is 9.99. The lowest BCUT2D eigenvalue weighted by Crippen LogP contribution is -2.42. The Kier molecular flexibility index (Phi) is 8.24. The number of aliphatic imine (C=N–C) groups is 1. The summed E-state index contributed by atoms with van der Waals surface area (Å²) in [5, 5.41) is 3.57. The Morgan fingerprint density at radius 2 is 1.72 bits per heavy atom. The standard InChI is InChI=1S/C23H35N5.HI/c1-19-9-14-27(15-10-19)21-7-5-20(6-8-21)17-25-23(24-2)28-16-11-22(18-28)26-12-3-4-13-26;/h3-8,19,22H,9-18H2,1-2H3,(H,24,25);1H. The van der Waals surface area contributed by atoms with Crippen LogP contribution in [0.2, 0.25) is 0 Å². The van der Waals surface area contributed by atoms with E-state index in [0.29, 0.717) is 6.04 Å². The Morgan fingerprint density at radius 1 is 1.03 bits per heavy atom. The van der Waals surface area contributed by atoms with E-state index in [4.69, 9.17) is 0 Å². The maximum absolute atomic E-state index is 4.53.